The Balaban J connectivity index is 1.66. The lowest BCUT2D eigenvalue weighted by Crippen LogP contribution is -2.18. The molecule has 3 aromatic carbocycles. The Hall–Kier alpha value is -3.27. The van der Waals surface area contributed by atoms with Crippen molar-refractivity contribution in [2.75, 3.05) is 13.2 Å². The van der Waals surface area contributed by atoms with Crippen LogP contribution < -0.4 is 9.47 Å². The minimum absolute atomic E-state index is 0.0362. The fourth-order valence-corrected chi connectivity index (χ4v) is 3.68. The van der Waals surface area contributed by atoms with E-state index in [4.69, 9.17) is 14.6 Å². The van der Waals surface area contributed by atoms with Crippen molar-refractivity contribution in [2.45, 2.75) is 51.4 Å². The van der Waals surface area contributed by atoms with Gasteiger partial charge >= 0.3 is 5.97 Å². The SMILES string of the molecule is CC(CC(=O)O)c1ccc(OCC(COc2cccc(C(C)(C)C)c2)c2ccccc2)cc1. The second-order valence-corrected chi connectivity index (χ2v) is 9.58. The molecule has 0 aromatic heterocycles. The number of hydrogen-bond acceptors (Lipinski definition) is 3. The van der Waals surface area contributed by atoms with Crippen LogP contribution in [0.5, 0.6) is 11.5 Å². The Bertz CT molecular complexity index is 1020. The van der Waals surface area contributed by atoms with Gasteiger partial charge in [-0.2, -0.15) is 0 Å². The molecule has 0 saturated heterocycles. The van der Waals surface area contributed by atoms with Crippen molar-refractivity contribution < 1.29 is 19.4 Å². The van der Waals surface area contributed by atoms with Gasteiger partial charge in [0.2, 0.25) is 0 Å². The quantitative estimate of drug-likeness (QED) is 0.372. The number of carboxylic acids is 1. The highest BCUT2D eigenvalue weighted by atomic mass is 16.5. The largest absolute Gasteiger partial charge is 0.493 e. The maximum atomic E-state index is 11.0. The molecule has 0 aliphatic carbocycles. The molecular weight excluding hydrogens is 412 g/mol. The second-order valence-electron chi connectivity index (χ2n) is 9.58. The van der Waals surface area contributed by atoms with Crippen LogP contribution in [-0.4, -0.2) is 24.3 Å². The van der Waals surface area contributed by atoms with Gasteiger partial charge in [-0.25, -0.2) is 0 Å². The van der Waals surface area contributed by atoms with Gasteiger partial charge in [0.25, 0.3) is 0 Å². The molecule has 0 aliphatic heterocycles. The summed E-state index contributed by atoms with van der Waals surface area (Å²) in [6.07, 6.45) is 0.115. The van der Waals surface area contributed by atoms with Gasteiger partial charge in [-0.05, 0) is 52.3 Å². The molecule has 0 bridgehead atoms. The van der Waals surface area contributed by atoms with Crippen LogP contribution in [0.3, 0.4) is 0 Å². The first-order valence-corrected chi connectivity index (χ1v) is 11.4. The van der Waals surface area contributed by atoms with Crippen molar-refractivity contribution in [3.63, 3.8) is 0 Å². The van der Waals surface area contributed by atoms with Gasteiger partial charge in [-0.15, -0.1) is 0 Å². The van der Waals surface area contributed by atoms with Crippen LogP contribution in [0.2, 0.25) is 0 Å². The van der Waals surface area contributed by atoms with Gasteiger partial charge in [0.1, 0.15) is 11.5 Å². The molecule has 3 rings (SSSR count). The maximum Gasteiger partial charge on any atom is 0.303 e. The summed E-state index contributed by atoms with van der Waals surface area (Å²) in [6, 6.07) is 26.2. The summed E-state index contributed by atoms with van der Waals surface area (Å²) in [4.78, 5) is 11.0. The molecule has 0 heterocycles. The lowest BCUT2D eigenvalue weighted by atomic mass is 9.87. The second kappa shape index (κ2) is 11.0. The Morgan fingerprint density at radius 2 is 1.45 bits per heavy atom. The van der Waals surface area contributed by atoms with E-state index in [2.05, 4.69) is 45.0 Å². The van der Waals surface area contributed by atoms with Crippen molar-refractivity contribution in [1.82, 2.24) is 0 Å². The molecule has 0 saturated carbocycles. The number of ether oxygens (including phenoxy) is 2. The van der Waals surface area contributed by atoms with Crippen molar-refractivity contribution in [3.05, 3.63) is 95.6 Å². The predicted octanol–water partition coefficient (Wildman–Crippen LogP) is 6.80. The Morgan fingerprint density at radius 1 is 0.818 bits per heavy atom. The first-order chi connectivity index (χ1) is 15.7. The summed E-state index contributed by atoms with van der Waals surface area (Å²) in [5.74, 6) is 0.861. The molecule has 0 radical (unpaired) electrons. The molecule has 3 aromatic rings. The van der Waals surface area contributed by atoms with Gasteiger partial charge in [0.05, 0.1) is 25.6 Å². The molecule has 33 heavy (non-hydrogen) atoms. The molecule has 1 N–H and O–H groups in total. The summed E-state index contributed by atoms with van der Waals surface area (Å²) in [6.45, 7) is 9.49. The van der Waals surface area contributed by atoms with E-state index in [0.717, 1.165) is 22.6 Å². The zero-order chi connectivity index (χ0) is 23.8. The maximum absolute atomic E-state index is 11.0. The van der Waals surface area contributed by atoms with Crippen LogP contribution in [0, 0.1) is 0 Å². The zero-order valence-electron chi connectivity index (χ0n) is 20.0. The number of carbonyl (C=O) groups is 1. The molecule has 4 nitrogen and oxygen atoms in total. The van der Waals surface area contributed by atoms with Crippen molar-refractivity contribution in [1.29, 1.82) is 0 Å². The van der Waals surface area contributed by atoms with E-state index in [9.17, 15) is 4.79 Å². The van der Waals surface area contributed by atoms with Crippen LogP contribution in [0.15, 0.2) is 78.9 Å². The molecule has 0 amide bonds. The van der Waals surface area contributed by atoms with E-state index in [0.29, 0.717) is 13.2 Å². The number of aliphatic carboxylic acids is 1. The lowest BCUT2D eigenvalue weighted by Gasteiger charge is -2.22. The van der Waals surface area contributed by atoms with Crippen LogP contribution in [0.1, 0.15) is 62.6 Å². The molecule has 0 spiro atoms. The van der Waals surface area contributed by atoms with Crippen LogP contribution in [-0.2, 0) is 10.2 Å². The third-order valence-corrected chi connectivity index (χ3v) is 5.80. The molecule has 0 fully saturated rings. The van der Waals surface area contributed by atoms with E-state index in [-0.39, 0.29) is 23.7 Å². The van der Waals surface area contributed by atoms with Crippen LogP contribution in [0.4, 0.5) is 0 Å². The van der Waals surface area contributed by atoms with E-state index < -0.39 is 5.97 Å². The third-order valence-electron chi connectivity index (χ3n) is 5.80. The van der Waals surface area contributed by atoms with E-state index in [1.807, 2.05) is 61.5 Å². The average molecular weight is 447 g/mol. The van der Waals surface area contributed by atoms with E-state index in [1.165, 1.54) is 5.56 Å². The topological polar surface area (TPSA) is 55.8 Å². The van der Waals surface area contributed by atoms with E-state index >= 15 is 0 Å². The van der Waals surface area contributed by atoms with Crippen molar-refractivity contribution in [3.8, 4) is 11.5 Å². The fraction of sp³-hybridized carbons (Fsp3) is 0.345. The number of benzene rings is 3. The van der Waals surface area contributed by atoms with Crippen molar-refractivity contribution in [2.24, 2.45) is 0 Å². The Labute approximate surface area is 197 Å². The number of hydrogen-bond donors (Lipinski definition) is 1. The van der Waals surface area contributed by atoms with E-state index in [1.54, 1.807) is 0 Å². The molecule has 2 atom stereocenters. The number of rotatable bonds is 10. The minimum Gasteiger partial charge on any atom is -0.493 e. The van der Waals surface area contributed by atoms with Crippen LogP contribution >= 0.6 is 0 Å². The Morgan fingerprint density at radius 3 is 2.06 bits per heavy atom. The lowest BCUT2D eigenvalue weighted by molar-refractivity contribution is -0.137. The first kappa shape index (κ1) is 24.4. The standard InChI is InChI=1S/C29H34O4/c1-21(17-28(30)31)22-13-15-26(16-14-22)32-19-24(23-9-6-5-7-10-23)20-33-27-12-8-11-25(18-27)29(2,3)4/h5-16,18,21,24H,17,19-20H2,1-4H3,(H,30,31). The molecular formula is C29H34O4. The molecule has 0 aliphatic rings. The summed E-state index contributed by atoms with van der Waals surface area (Å²) in [5.41, 5.74) is 3.46. The van der Waals surface area contributed by atoms with Gasteiger partial charge in [-0.3, -0.25) is 4.79 Å². The molecule has 174 valence electrons. The van der Waals surface area contributed by atoms with Gasteiger partial charge < -0.3 is 14.6 Å². The zero-order valence-corrected chi connectivity index (χ0v) is 20.0. The average Bonchev–Trinajstić information content (AvgIpc) is 2.79. The normalized spacial score (nSPS) is 13.2. The smallest absolute Gasteiger partial charge is 0.303 e. The minimum atomic E-state index is -0.790. The van der Waals surface area contributed by atoms with Gasteiger partial charge in [-0.1, -0.05) is 82.3 Å². The van der Waals surface area contributed by atoms with Crippen LogP contribution in [0.25, 0.3) is 0 Å². The summed E-state index contributed by atoms with van der Waals surface area (Å²) in [7, 11) is 0. The first-order valence-electron chi connectivity index (χ1n) is 11.4. The highest BCUT2D eigenvalue weighted by Crippen LogP contribution is 2.27. The summed E-state index contributed by atoms with van der Waals surface area (Å²) < 4.78 is 12.3. The monoisotopic (exact) mass is 446 g/mol. The van der Waals surface area contributed by atoms with Gasteiger partial charge in [0, 0.05) is 0 Å². The third kappa shape index (κ3) is 7.38. The Kier molecular flexibility index (Phi) is 8.16. The van der Waals surface area contributed by atoms with Crippen molar-refractivity contribution >= 4 is 5.97 Å². The fourth-order valence-electron chi connectivity index (χ4n) is 3.68. The molecule has 2 unspecified atom stereocenters. The highest BCUT2D eigenvalue weighted by molar-refractivity contribution is 5.68. The summed E-state index contributed by atoms with van der Waals surface area (Å²) in [5, 5.41) is 9.00. The number of carboxylic acid groups (broad SMARTS) is 1. The van der Waals surface area contributed by atoms with Gasteiger partial charge in [0.15, 0.2) is 0 Å². The highest BCUT2D eigenvalue weighted by Gasteiger charge is 2.17. The predicted molar refractivity (Wildman–Crippen MR) is 132 cm³/mol. The summed E-state index contributed by atoms with van der Waals surface area (Å²) >= 11 is 0. The molecule has 4 heteroatoms.